The van der Waals surface area contributed by atoms with Crippen LogP contribution in [0.4, 0.5) is 4.39 Å². The summed E-state index contributed by atoms with van der Waals surface area (Å²) < 4.78 is 13.2. The van der Waals surface area contributed by atoms with Crippen LogP contribution >= 0.6 is 0 Å². The third kappa shape index (κ3) is 3.16. The van der Waals surface area contributed by atoms with Crippen LogP contribution in [0.1, 0.15) is 22.8 Å². The number of ketones is 1. The molecule has 0 aromatic heterocycles. The second-order valence-corrected chi connectivity index (χ2v) is 3.37. The Kier molecular flexibility index (Phi) is 3.55. The first-order chi connectivity index (χ1) is 7.00. The Balaban J connectivity index is 2.81. The Morgan fingerprint density at radius 2 is 2.07 bits per heavy atom. The molecule has 0 bridgehead atoms. The number of aryl methyl sites for hydroxylation is 1. The van der Waals surface area contributed by atoms with Gasteiger partial charge in [0.2, 0.25) is 0 Å². The lowest BCUT2D eigenvalue weighted by Crippen LogP contribution is -2.29. The van der Waals surface area contributed by atoms with Gasteiger partial charge in [-0.25, -0.2) is 4.39 Å². The number of carbonyl (C=O) groups excluding carboxylic acids is 2. The first-order valence-electron chi connectivity index (χ1n) is 4.54. The maximum absolute atomic E-state index is 13.2. The monoisotopic (exact) mass is 209 g/mol. The number of rotatable bonds is 3. The lowest BCUT2D eigenvalue weighted by molar-refractivity contribution is -0.116. The molecule has 3 nitrogen and oxygen atoms in total. The molecule has 1 aromatic rings. The van der Waals surface area contributed by atoms with Crippen LogP contribution in [0.2, 0.25) is 0 Å². The molecule has 0 saturated carbocycles. The summed E-state index contributed by atoms with van der Waals surface area (Å²) in [6.45, 7) is 3.04. The van der Waals surface area contributed by atoms with E-state index in [-0.39, 0.29) is 17.9 Å². The standard InChI is InChI=1S/C11H12FNO2/c1-7-3-4-10(12)9(5-7)11(15)13-6-8(2)14/h3-5H,6H2,1-2H3,(H,13,15). The summed E-state index contributed by atoms with van der Waals surface area (Å²) in [5, 5.41) is 2.34. The van der Waals surface area contributed by atoms with E-state index < -0.39 is 11.7 Å². The van der Waals surface area contributed by atoms with E-state index in [1.807, 2.05) is 0 Å². The Hall–Kier alpha value is -1.71. The summed E-state index contributed by atoms with van der Waals surface area (Å²) in [6, 6.07) is 4.26. The minimum absolute atomic E-state index is 0.0312. The van der Waals surface area contributed by atoms with Crippen LogP contribution in [0.3, 0.4) is 0 Å². The van der Waals surface area contributed by atoms with Crippen molar-refractivity contribution in [3.05, 3.63) is 35.1 Å². The molecule has 1 rings (SSSR count). The van der Waals surface area contributed by atoms with Crippen molar-refractivity contribution in [2.45, 2.75) is 13.8 Å². The molecule has 0 aliphatic heterocycles. The molecule has 0 aliphatic carbocycles. The Bertz CT molecular complexity index is 402. The molecule has 0 atom stereocenters. The van der Waals surface area contributed by atoms with Crippen LogP contribution in [0, 0.1) is 12.7 Å². The minimum atomic E-state index is -0.582. The topological polar surface area (TPSA) is 46.2 Å². The third-order valence-corrected chi connectivity index (χ3v) is 1.86. The molecule has 0 spiro atoms. The first kappa shape index (κ1) is 11.4. The fourth-order valence-corrected chi connectivity index (χ4v) is 1.11. The molecule has 0 aliphatic rings. The van der Waals surface area contributed by atoms with Crippen molar-refractivity contribution in [2.75, 3.05) is 6.54 Å². The van der Waals surface area contributed by atoms with Crippen molar-refractivity contribution in [1.82, 2.24) is 5.32 Å². The molecule has 1 aromatic carbocycles. The lowest BCUT2D eigenvalue weighted by Gasteiger charge is -2.04. The average Bonchev–Trinajstić information content (AvgIpc) is 2.18. The van der Waals surface area contributed by atoms with E-state index in [1.165, 1.54) is 19.1 Å². The number of nitrogens with one attached hydrogen (secondary N) is 1. The van der Waals surface area contributed by atoms with Gasteiger partial charge in [0.1, 0.15) is 11.6 Å². The van der Waals surface area contributed by atoms with Crippen molar-refractivity contribution in [3.63, 3.8) is 0 Å². The van der Waals surface area contributed by atoms with Crippen molar-refractivity contribution in [1.29, 1.82) is 0 Å². The maximum Gasteiger partial charge on any atom is 0.254 e. The summed E-state index contributed by atoms with van der Waals surface area (Å²) in [5.41, 5.74) is 0.764. The Labute approximate surface area is 87.3 Å². The first-order valence-corrected chi connectivity index (χ1v) is 4.54. The van der Waals surface area contributed by atoms with E-state index in [1.54, 1.807) is 13.0 Å². The van der Waals surface area contributed by atoms with Gasteiger partial charge in [-0.2, -0.15) is 0 Å². The summed E-state index contributed by atoms with van der Waals surface area (Å²) >= 11 is 0. The average molecular weight is 209 g/mol. The van der Waals surface area contributed by atoms with Gasteiger partial charge in [0, 0.05) is 0 Å². The summed E-state index contributed by atoms with van der Waals surface area (Å²) in [6.07, 6.45) is 0. The number of halogens is 1. The number of hydrogen-bond acceptors (Lipinski definition) is 2. The fraction of sp³-hybridized carbons (Fsp3) is 0.273. The van der Waals surface area contributed by atoms with Gasteiger partial charge in [-0.1, -0.05) is 11.6 Å². The van der Waals surface area contributed by atoms with Gasteiger partial charge in [-0.15, -0.1) is 0 Å². The largest absolute Gasteiger partial charge is 0.345 e. The predicted octanol–water partition coefficient (Wildman–Crippen LogP) is 1.45. The van der Waals surface area contributed by atoms with Crippen LogP contribution in [-0.2, 0) is 4.79 Å². The van der Waals surface area contributed by atoms with E-state index in [4.69, 9.17) is 0 Å². The van der Waals surface area contributed by atoms with Crippen molar-refractivity contribution in [3.8, 4) is 0 Å². The summed E-state index contributed by atoms with van der Waals surface area (Å²) in [4.78, 5) is 22.0. The number of benzene rings is 1. The van der Waals surface area contributed by atoms with Crippen molar-refractivity contribution < 1.29 is 14.0 Å². The van der Waals surface area contributed by atoms with Crippen LogP contribution in [0.15, 0.2) is 18.2 Å². The van der Waals surface area contributed by atoms with E-state index in [0.717, 1.165) is 5.56 Å². The highest BCUT2D eigenvalue weighted by Gasteiger charge is 2.11. The van der Waals surface area contributed by atoms with Crippen molar-refractivity contribution >= 4 is 11.7 Å². The minimum Gasteiger partial charge on any atom is -0.345 e. The quantitative estimate of drug-likeness (QED) is 0.819. The van der Waals surface area contributed by atoms with Crippen LogP contribution in [0.5, 0.6) is 0 Å². The summed E-state index contributed by atoms with van der Waals surface area (Å²) in [5.74, 6) is -1.32. The van der Waals surface area contributed by atoms with Crippen molar-refractivity contribution in [2.24, 2.45) is 0 Å². The zero-order valence-corrected chi connectivity index (χ0v) is 8.63. The molecule has 0 heterocycles. The van der Waals surface area contributed by atoms with Gasteiger partial charge < -0.3 is 5.32 Å². The molecule has 0 unspecified atom stereocenters. The lowest BCUT2D eigenvalue weighted by atomic mass is 10.1. The normalized spacial score (nSPS) is 9.80. The number of carbonyl (C=O) groups is 2. The fourth-order valence-electron chi connectivity index (χ4n) is 1.11. The van der Waals surface area contributed by atoms with E-state index in [2.05, 4.69) is 5.32 Å². The maximum atomic E-state index is 13.2. The second kappa shape index (κ2) is 4.68. The molecular formula is C11H12FNO2. The number of Topliss-reactive ketones (excluding diaryl/α,β-unsaturated/α-hetero) is 1. The zero-order valence-electron chi connectivity index (χ0n) is 8.63. The molecule has 0 radical (unpaired) electrons. The molecule has 15 heavy (non-hydrogen) atoms. The molecule has 0 fully saturated rings. The van der Waals surface area contributed by atoms with Gasteiger partial charge in [0.15, 0.2) is 0 Å². The highest BCUT2D eigenvalue weighted by atomic mass is 19.1. The van der Waals surface area contributed by atoms with Gasteiger partial charge in [0.05, 0.1) is 12.1 Å². The highest BCUT2D eigenvalue weighted by molar-refractivity contribution is 5.96. The predicted molar refractivity (Wildman–Crippen MR) is 54.2 cm³/mol. The van der Waals surface area contributed by atoms with Crippen LogP contribution in [-0.4, -0.2) is 18.2 Å². The molecule has 4 heteroatoms. The molecular weight excluding hydrogens is 197 g/mol. The Morgan fingerprint density at radius 3 is 2.67 bits per heavy atom. The highest BCUT2D eigenvalue weighted by Crippen LogP contribution is 2.09. The van der Waals surface area contributed by atoms with Gasteiger partial charge in [-0.3, -0.25) is 9.59 Å². The van der Waals surface area contributed by atoms with E-state index >= 15 is 0 Å². The Morgan fingerprint density at radius 1 is 1.40 bits per heavy atom. The smallest absolute Gasteiger partial charge is 0.254 e. The molecule has 1 N–H and O–H groups in total. The molecule has 0 saturated heterocycles. The van der Waals surface area contributed by atoms with Gasteiger partial charge in [-0.05, 0) is 26.0 Å². The van der Waals surface area contributed by atoms with E-state index in [9.17, 15) is 14.0 Å². The third-order valence-electron chi connectivity index (χ3n) is 1.86. The second-order valence-electron chi connectivity index (χ2n) is 3.37. The summed E-state index contributed by atoms with van der Waals surface area (Å²) in [7, 11) is 0. The SMILES string of the molecule is CC(=O)CNC(=O)c1cc(C)ccc1F. The van der Waals surface area contributed by atoms with E-state index in [0.29, 0.717) is 0 Å². The molecule has 80 valence electrons. The van der Waals surface area contributed by atoms with Gasteiger partial charge >= 0.3 is 0 Å². The molecule has 1 amide bonds. The van der Waals surface area contributed by atoms with Crippen LogP contribution < -0.4 is 5.32 Å². The number of hydrogen-bond donors (Lipinski definition) is 1. The van der Waals surface area contributed by atoms with Crippen LogP contribution in [0.25, 0.3) is 0 Å². The number of amides is 1. The van der Waals surface area contributed by atoms with Gasteiger partial charge in [0.25, 0.3) is 5.91 Å². The zero-order chi connectivity index (χ0) is 11.4.